The van der Waals surface area contributed by atoms with Gasteiger partial charge in [-0.3, -0.25) is 0 Å². The smallest absolute Gasteiger partial charge is 0.129 e. The Hall–Kier alpha value is -2.54. The molecule has 0 unspecified atom stereocenters. The Morgan fingerprint density at radius 1 is 1.33 bits per heavy atom. The van der Waals surface area contributed by atoms with E-state index in [1.807, 2.05) is 36.2 Å². The molecule has 0 radical (unpaired) electrons. The van der Waals surface area contributed by atoms with Crippen LogP contribution >= 0.6 is 0 Å². The van der Waals surface area contributed by atoms with Crippen molar-refractivity contribution in [1.29, 1.82) is 5.26 Å². The molecule has 1 aromatic carbocycles. The van der Waals surface area contributed by atoms with Gasteiger partial charge in [-0.2, -0.15) is 5.26 Å². The van der Waals surface area contributed by atoms with E-state index in [2.05, 4.69) is 11.1 Å². The number of pyridine rings is 1. The molecule has 0 aliphatic rings. The summed E-state index contributed by atoms with van der Waals surface area (Å²) in [4.78, 5) is 6.23. The summed E-state index contributed by atoms with van der Waals surface area (Å²) in [7, 11) is 1.94. The van der Waals surface area contributed by atoms with Crippen LogP contribution in [-0.2, 0) is 6.54 Å². The molecule has 0 bridgehead atoms. The highest BCUT2D eigenvalue weighted by molar-refractivity contribution is 5.46. The fourth-order valence-electron chi connectivity index (χ4n) is 1.74. The number of aromatic nitrogens is 1. The van der Waals surface area contributed by atoms with Gasteiger partial charge >= 0.3 is 0 Å². The van der Waals surface area contributed by atoms with Crippen LogP contribution in [0.3, 0.4) is 0 Å². The minimum atomic E-state index is 0.611. The second-order valence-electron chi connectivity index (χ2n) is 4.12. The van der Waals surface area contributed by atoms with Gasteiger partial charge in [0.1, 0.15) is 5.82 Å². The first kappa shape index (κ1) is 11.9. The quantitative estimate of drug-likeness (QED) is 0.832. The first-order valence-electron chi connectivity index (χ1n) is 5.61. The summed E-state index contributed by atoms with van der Waals surface area (Å²) in [5, 5.41) is 8.86. The van der Waals surface area contributed by atoms with Crippen molar-refractivity contribution in [3.05, 3.63) is 53.7 Å². The van der Waals surface area contributed by atoms with E-state index in [9.17, 15) is 0 Å². The van der Waals surface area contributed by atoms with E-state index in [4.69, 9.17) is 11.0 Å². The van der Waals surface area contributed by atoms with Gasteiger partial charge in [0.15, 0.2) is 0 Å². The highest BCUT2D eigenvalue weighted by Crippen LogP contribution is 2.15. The van der Waals surface area contributed by atoms with Crippen molar-refractivity contribution >= 4 is 11.5 Å². The second-order valence-corrected chi connectivity index (χ2v) is 4.12. The Bertz CT molecular complexity index is 586. The minimum Gasteiger partial charge on any atom is -0.399 e. The Morgan fingerprint density at radius 2 is 2.17 bits per heavy atom. The molecule has 2 rings (SSSR count). The summed E-state index contributed by atoms with van der Waals surface area (Å²) >= 11 is 0. The van der Waals surface area contributed by atoms with Gasteiger partial charge in [-0.05, 0) is 29.8 Å². The summed E-state index contributed by atoms with van der Waals surface area (Å²) in [5.74, 6) is 0.775. The van der Waals surface area contributed by atoms with Crippen LogP contribution in [0.2, 0.25) is 0 Å². The molecule has 2 N–H and O–H groups in total. The lowest BCUT2D eigenvalue weighted by molar-refractivity contribution is 0.898. The first-order chi connectivity index (χ1) is 8.69. The fourth-order valence-corrected chi connectivity index (χ4v) is 1.74. The van der Waals surface area contributed by atoms with Crippen molar-refractivity contribution < 1.29 is 0 Å². The lowest BCUT2D eigenvalue weighted by Gasteiger charge is -2.18. The van der Waals surface area contributed by atoms with Crippen LogP contribution in [0, 0.1) is 11.3 Å². The van der Waals surface area contributed by atoms with E-state index in [-0.39, 0.29) is 0 Å². The molecule has 0 fully saturated rings. The number of nitrogens with zero attached hydrogens (tertiary/aromatic N) is 3. The van der Waals surface area contributed by atoms with E-state index in [1.165, 1.54) is 0 Å². The van der Waals surface area contributed by atoms with Gasteiger partial charge in [-0.1, -0.05) is 12.1 Å². The van der Waals surface area contributed by atoms with Crippen LogP contribution in [-0.4, -0.2) is 12.0 Å². The van der Waals surface area contributed by atoms with E-state index in [0.29, 0.717) is 12.1 Å². The largest absolute Gasteiger partial charge is 0.399 e. The second kappa shape index (κ2) is 5.19. The number of hydrogen-bond acceptors (Lipinski definition) is 4. The zero-order valence-electron chi connectivity index (χ0n) is 10.2. The minimum absolute atomic E-state index is 0.611. The predicted molar refractivity (Wildman–Crippen MR) is 71.9 cm³/mol. The molecule has 1 heterocycles. The van der Waals surface area contributed by atoms with Crippen molar-refractivity contribution in [3.63, 3.8) is 0 Å². The summed E-state index contributed by atoms with van der Waals surface area (Å²) in [6, 6.07) is 13.3. The molecule has 4 heteroatoms. The third kappa shape index (κ3) is 2.77. The highest BCUT2D eigenvalue weighted by Gasteiger charge is 2.04. The van der Waals surface area contributed by atoms with Crippen molar-refractivity contribution in [2.45, 2.75) is 6.54 Å². The fraction of sp³-hybridized carbons (Fsp3) is 0.143. The average Bonchev–Trinajstić information content (AvgIpc) is 2.39. The molecule has 0 saturated heterocycles. The van der Waals surface area contributed by atoms with Gasteiger partial charge in [-0.25, -0.2) is 4.98 Å². The molecular formula is C14H14N4. The number of nitriles is 1. The Kier molecular flexibility index (Phi) is 3.44. The molecule has 0 spiro atoms. The van der Waals surface area contributed by atoms with Crippen LogP contribution in [0.15, 0.2) is 42.6 Å². The Balaban J connectivity index is 2.17. The molecule has 18 heavy (non-hydrogen) atoms. The zero-order chi connectivity index (χ0) is 13.0. The summed E-state index contributed by atoms with van der Waals surface area (Å²) < 4.78 is 0. The molecule has 0 aliphatic heterocycles. The SMILES string of the molecule is CN(Cc1cccc(N)c1)c1cc(C#N)ccn1. The number of hydrogen-bond donors (Lipinski definition) is 1. The first-order valence-corrected chi connectivity index (χ1v) is 5.61. The van der Waals surface area contributed by atoms with Crippen LogP contribution < -0.4 is 10.6 Å². The molecule has 0 aliphatic carbocycles. The third-order valence-electron chi connectivity index (χ3n) is 2.64. The summed E-state index contributed by atoms with van der Waals surface area (Å²) in [6.07, 6.45) is 1.64. The van der Waals surface area contributed by atoms with Gasteiger partial charge in [0.2, 0.25) is 0 Å². The molecule has 4 nitrogen and oxygen atoms in total. The summed E-state index contributed by atoms with van der Waals surface area (Å²) in [5.41, 5.74) is 8.21. The number of rotatable bonds is 3. The van der Waals surface area contributed by atoms with Crippen molar-refractivity contribution in [2.24, 2.45) is 0 Å². The number of anilines is 2. The number of nitrogens with two attached hydrogens (primary N) is 1. The third-order valence-corrected chi connectivity index (χ3v) is 2.64. The lowest BCUT2D eigenvalue weighted by atomic mass is 10.2. The Labute approximate surface area is 106 Å². The van der Waals surface area contributed by atoms with Crippen molar-refractivity contribution in [3.8, 4) is 6.07 Å². The van der Waals surface area contributed by atoms with Crippen LogP contribution in [0.25, 0.3) is 0 Å². The summed E-state index contributed by atoms with van der Waals surface area (Å²) in [6.45, 7) is 0.701. The average molecular weight is 238 g/mol. The van der Waals surface area contributed by atoms with E-state index in [0.717, 1.165) is 17.1 Å². The predicted octanol–water partition coefficient (Wildman–Crippen LogP) is 2.17. The van der Waals surface area contributed by atoms with E-state index in [1.54, 1.807) is 18.3 Å². The van der Waals surface area contributed by atoms with Gasteiger partial charge in [0.05, 0.1) is 11.6 Å². The van der Waals surface area contributed by atoms with Crippen LogP contribution in [0.5, 0.6) is 0 Å². The van der Waals surface area contributed by atoms with Gasteiger partial charge in [0.25, 0.3) is 0 Å². The normalized spacial score (nSPS) is 9.78. The van der Waals surface area contributed by atoms with E-state index < -0.39 is 0 Å². The maximum absolute atomic E-state index is 8.86. The number of nitrogen functional groups attached to an aromatic ring is 1. The van der Waals surface area contributed by atoms with Crippen LogP contribution in [0.4, 0.5) is 11.5 Å². The van der Waals surface area contributed by atoms with Crippen molar-refractivity contribution in [2.75, 3.05) is 17.7 Å². The maximum atomic E-state index is 8.86. The molecule has 0 atom stereocenters. The van der Waals surface area contributed by atoms with Crippen LogP contribution in [0.1, 0.15) is 11.1 Å². The topological polar surface area (TPSA) is 65.9 Å². The number of benzene rings is 1. The zero-order valence-corrected chi connectivity index (χ0v) is 10.2. The molecular weight excluding hydrogens is 224 g/mol. The molecule has 0 saturated carbocycles. The van der Waals surface area contributed by atoms with E-state index >= 15 is 0 Å². The standard InChI is InChI=1S/C14H14N4/c1-18(10-12-3-2-4-13(16)7-12)14-8-11(9-15)5-6-17-14/h2-8H,10,16H2,1H3. The molecule has 90 valence electrons. The molecule has 1 aromatic heterocycles. The maximum Gasteiger partial charge on any atom is 0.129 e. The Morgan fingerprint density at radius 3 is 2.89 bits per heavy atom. The van der Waals surface area contributed by atoms with Gasteiger partial charge in [0, 0.05) is 25.5 Å². The van der Waals surface area contributed by atoms with Crippen molar-refractivity contribution in [1.82, 2.24) is 4.98 Å². The molecule has 2 aromatic rings. The monoisotopic (exact) mass is 238 g/mol. The highest BCUT2D eigenvalue weighted by atomic mass is 15.2. The van der Waals surface area contributed by atoms with Gasteiger partial charge in [-0.15, -0.1) is 0 Å². The lowest BCUT2D eigenvalue weighted by Crippen LogP contribution is -2.17. The van der Waals surface area contributed by atoms with Gasteiger partial charge < -0.3 is 10.6 Å². The molecule has 0 amide bonds.